The van der Waals surface area contributed by atoms with Crippen molar-refractivity contribution in [2.75, 3.05) is 26.2 Å². The van der Waals surface area contributed by atoms with Gasteiger partial charge in [0, 0.05) is 50.6 Å². The van der Waals surface area contributed by atoms with Crippen molar-refractivity contribution in [1.29, 1.82) is 0 Å². The maximum atomic E-state index is 13.0. The molecule has 0 unspecified atom stereocenters. The van der Waals surface area contributed by atoms with Gasteiger partial charge in [-0.15, -0.1) is 0 Å². The van der Waals surface area contributed by atoms with Gasteiger partial charge in [-0.25, -0.2) is 14.6 Å². The number of aromatic nitrogens is 4. The molecule has 5 rings (SSSR count). The predicted molar refractivity (Wildman–Crippen MR) is 108 cm³/mol. The molecule has 2 saturated heterocycles. The van der Waals surface area contributed by atoms with Crippen molar-refractivity contribution >= 4 is 33.9 Å². The summed E-state index contributed by atoms with van der Waals surface area (Å²) in [7, 11) is 0. The summed E-state index contributed by atoms with van der Waals surface area (Å²) in [5, 5.41) is 0.894. The van der Waals surface area contributed by atoms with E-state index in [0.29, 0.717) is 44.5 Å². The van der Waals surface area contributed by atoms with Crippen LogP contribution in [0.2, 0.25) is 0 Å². The zero-order chi connectivity index (χ0) is 20.1. The number of rotatable bonds is 1. The third-order valence-corrected chi connectivity index (χ3v) is 6.37. The van der Waals surface area contributed by atoms with E-state index in [1.807, 2.05) is 17.2 Å². The SMILES string of the molecule is C[C@@H]1CCN(C(=O)N2CCC(=O)CC2)C[C@@H]1n1c(=O)[nH]c2cnc3[nH]ccc3c21. The first-order chi connectivity index (χ1) is 14.0. The van der Waals surface area contributed by atoms with Crippen LogP contribution in [0, 0.1) is 5.92 Å². The molecule has 0 saturated carbocycles. The van der Waals surface area contributed by atoms with Gasteiger partial charge in [0.05, 0.1) is 23.3 Å². The predicted octanol–water partition coefficient (Wildman–Crippen LogP) is 1.87. The number of hydrogen-bond donors (Lipinski definition) is 2. The Labute approximate surface area is 166 Å². The summed E-state index contributed by atoms with van der Waals surface area (Å²) in [5.41, 5.74) is 2.09. The molecule has 29 heavy (non-hydrogen) atoms. The number of aromatic amines is 2. The second-order valence-corrected chi connectivity index (χ2v) is 8.15. The summed E-state index contributed by atoms with van der Waals surface area (Å²) < 4.78 is 1.80. The molecule has 2 N–H and O–H groups in total. The van der Waals surface area contributed by atoms with Crippen molar-refractivity contribution in [1.82, 2.24) is 29.3 Å². The Morgan fingerprint density at radius 1 is 1.17 bits per heavy atom. The minimum Gasteiger partial charge on any atom is -0.346 e. The van der Waals surface area contributed by atoms with Crippen molar-refractivity contribution in [3.63, 3.8) is 0 Å². The Balaban J connectivity index is 1.50. The number of amides is 2. The maximum Gasteiger partial charge on any atom is 0.326 e. The first kappa shape index (κ1) is 18.0. The van der Waals surface area contributed by atoms with Gasteiger partial charge < -0.3 is 19.8 Å². The molecule has 2 aliphatic rings. The quantitative estimate of drug-likeness (QED) is 0.655. The number of imidazole rings is 1. The van der Waals surface area contributed by atoms with E-state index in [-0.39, 0.29) is 29.5 Å². The summed E-state index contributed by atoms with van der Waals surface area (Å²) >= 11 is 0. The number of fused-ring (bicyclic) bond motifs is 3. The highest BCUT2D eigenvalue weighted by Gasteiger charge is 2.35. The van der Waals surface area contributed by atoms with E-state index in [2.05, 4.69) is 21.9 Å². The van der Waals surface area contributed by atoms with Crippen LogP contribution < -0.4 is 5.69 Å². The Morgan fingerprint density at radius 2 is 1.97 bits per heavy atom. The second kappa shape index (κ2) is 6.75. The highest BCUT2D eigenvalue weighted by atomic mass is 16.2. The average Bonchev–Trinajstić information content (AvgIpc) is 3.32. The molecule has 9 nitrogen and oxygen atoms in total. The summed E-state index contributed by atoms with van der Waals surface area (Å²) in [6.45, 7) is 4.24. The van der Waals surface area contributed by atoms with Gasteiger partial charge in [0.15, 0.2) is 0 Å². The molecule has 2 atom stereocenters. The summed E-state index contributed by atoms with van der Waals surface area (Å²) in [5.74, 6) is 0.467. The number of H-pyrrole nitrogens is 2. The summed E-state index contributed by atoms with van der Waals surface area (Å²) in [6, 6.07) is 1.77. The molecule has 3 aromatic heterocycles. The molecule has 5 heterocycles. The lowest BCUT2D eigenvalue weighted by Crippen LogP contribution is -2.52. The number of piperidine rings is 2. The largest absolute Gasteiger partial charge is 0.346 e. The van der Waals surface area contributed by atoms with E-state index in [1.165, 1.54) is 0 Å². The average molecular weight is 396 g/mol. The first-order valence-electron chi connectivity index (χ1n) is 10.1. The standard InChI is InChI=1S/C20H24N6O3/c1-12-3-7-25(20(29)24-8-4-13(27)5-9-24)11-16(12)26-17-14-2-6-21-18(14)22-10-15(17)23-19(26)28/h2,6,10,12,16H,3-5,7-9,11H2,1H3,(H,21,22)(H,23,28)/t12-,16+/m1/s1. The van der Waals surface area contributed by atoms with Gasteiger partial charge in [-0.1, -0.05) is 6.92 Å². The van der Waals surface area contributed by atoms with E-state index < -0.39 is 0 Å². The Kier molecular flexibility index (Phi) is 4.18. The highest BCUT2D eigenvalue weighted by molar-refractivity contribution is 6.01. The second-order valence-electron chi connectivity index (χ2n) is 8.15. The number of carbonyl (C=O) groups excluding carboxylic acids is 2. The minimum atomic E-state index is -0.176. The van der Waals surface area contributed by atoms with Crippen LogP contribution in [0.15, 0.2) is 23.3 Å². The molecule has 0 spiro atoms. The molecule has 2 aliphatic heterocycles. The van der Waals surface area contributed by atoms with Crippen molar-refractivity contribution in [2.24, 2.45) is 5.92 Å². The smallest absolute Gasteiger partial charge is 0.326 e. The lowest BCUT2D eigenvalue weighted by molar-refractivity contribution is -0.121. The number of hydrogen-bond acceptors (Lipinski definition) is 4. The molecule has 2 fully saturated rings. The minimum absolute atomic E-state index is 0.0317. The zero-order valence-electron chi connectivity index (χ0n) is 16.4. The van der Waals surface area contributed by atoms with Gasteiger partial charge in [0.2, 0.25) is 0 Å². The number of pyridine rings is 1. The lowest BCUT2D eigenvalue weighted by Gasteiger charge is -2.40. The number of nitrogens with one attached hydrogen (secondary N) is 2. The third kappa shape index (κ3) is 2.92. The molecule has 0 radical (unpaired) electrons. The Bertz CT molecular complexity index is 1150. The Hall–Kier alpha value is -3.10. The maximum absolute atomic E-state index is 13.0. The van der Waals surface area contributed by atoms with Gasteiger partial charge in [-0.2, -0.15) is 0 Å². The fourth-order valence-electron chi connectivity index (χ4n) is 4.64. The molecule has 0 bridgehead atoms. The van der Waals surface area contributed by atoms with Crippen LogP contribution in [-0.4, -0.2) is 67.3 Å². The van der Waals surface area contributed by atoms with Gasteiger partial charge in [0.1, 0.15) is 11.4 Å². The van der Waals surface area contributed by atoms with Crippen LogP contribution in [0.25, 0.3) is 22.1 Å². The van der Waals surface area contributed by atoms with E-state index in [9.17, 15) is 14.4 Å². The molecule has 152 valence electrons. The number of nitrogens with zero attached hydrogens (tertiary/aromatic N) is 4. The molecule has 3 aromatic rings. The van der Waals surface area contributed by atoms with E-state index in [1.54, 1.807) is 15.7 Å². The summed E-state index contributed by atoms with van der Waals surface area (Å²) in [6.07, 6.45) is 5.17. The van der Waals surface area contributed by atoms with Gasteiger partial charge in [-0.05, 0) is 18.4 Å². The lowest BCUT2D eigenvalue weighted by atomic mass is 9.93. The number of ketones is 1. The van der Waals surface area contributed by atoms with E-state index >= 15 is 0 Å². The van der Waals surface area contributed by atoms with Crippen LogP contribution in [0.5, 0.6) is 0 Å². The van der Waals surface area contributed by atoms with Gasteiger partial charge in [-0.3, -0.25) is 9.36 Å². The highest BCUT2D eigenvalue weighted by Crippen LogP contribution is 2.32. The van der Waals surface area contributed by atoms with Crippen LogP contribution in [0.1, 0.15) is 32.2 Å². The number of likely N-dealkylation sites (tertiary alicyclic amines) is 2. The normalized spacial score (nSPS) is 23.3. The first-order valence-corrected chi connectivity index (χ1v) is 10.1. The molecular weight excluding hydrogens is 372 g/mol. The van der Waals surface area contributed by atoms with Crippen molar-refractivity contribution < 1.29 is 9.59 Å². The Morgan fingerprint density at radius 3 is 2.76 bits per heavy atom. The third-order valence-electron chi connectivity index (χ3n) is 6.37. The van der Waals surface area contributed by atoms with Gasteiger partial charge >= 0.3 is 11.7 Å². The molecule has 0 aliphatic carbocycles. The monoisotopic (exact) mass is 396 g/mol. The van der Waals surface area contributed by atoms with Crippen LogP contribution >= 0.6 is 0 Å². The fourth-order valence-corrected chi connectivity index (χ4v) is 4.64. The van der Waals surface area contributed by atoms with E-state index in [0.717, 1.165) is 23.0 Å². The van der Waals surface area contributed by atoms with Crippen molar-refractivity contribution in [3.8, 4) is 0 Å². The van der Waals surface area contributed by atoms with Crippen molar-refractivity contribution in [2.45, 2.75) is 32.2 Å². The van der Waals surface area contributed by atoms with E-state index in [4.69, 9.17) is 0 Å². The number of Topliss-reactive ketones (excluding diaryl/α,β-unsaturated/α-hetero) is 1. The molecular formula is C20H24N6O3. The number of urea groups is 1. The fraction of sp³-hybridized carbons (Fsp3) is 0.500. The van der Waals surface area contributed by atoms with Crippen LogP contribution in [0.3, 0.4) is 0 Å². The summed E-state index contributed by atoms with van der Waals surface area (Å²) in [4.78, 5) is 51.4. The molecule has 9 heteroatoms. The van der Waals surface area contributed by atoms with Crippen LogP contribution in [-0.2, 0) is 4.79 Å². The van der Waals surface area contributed by atoms with Crippen molar-refractivity contribution in [3.05, 3.63) is 28.9 Å². The molecule has 2 amide bonds. The van der Waals surface area contributed by atoms with Gasteiger partial charge in [0.25, 0.3) is 0 Å². The zero-order valence-corrected chi connectivity index (χ0v) is 16.4. The molecule has 0 aromatic carbocycles. The van der Waals surface area contributed by atoms with Crippen LogP contribution in [0.4, 0.5) is 4.79 Å². The topological polar surface area (TPSA) is 107 Å². The number of carbonyl (C=O) groups is 2.